The molecule has 3 amide bonds. The lowest BCUT2D eigenvalue weighted by molar-refractivity contribution is -0.119. The van der Waals surface area contributed by atoms with Crippen LogP contribution in [-0.4, -0.2) is 50.9 Å². The highest BCUT2D eigenvalue weighted by Crippen LogP contribution is 2.28. The Balaban J connectivity index is 3.03. The Kier molecular flexibility index (Phi) is 8.20. The van der Waals surface area contributed by atoms with Gasteiger partial charge in [0.15, 0.2) is 11.0 Å². The zero-order valence-corrected chi connectivity index (χ0v) is 15.9. The largest absolute Gasteiger partial charge is 0.351 e. The summed E-state index contributed by atoms with van der Waals surface area (Å²) in [6.45, 7) is 6.75. The predicted molar refractivity (Wildman–Crippen MR) is 94.7 cm³/mol. The summed E-state index contributed by atoms with van der Waals surface area (Å²) in [6, 6.07) is -0.683. The van der Waals surface area contributed by atoms with Crippen LogP contribution >= 0.6 is 11.8 Å². The lowest BCUT2D eigenvalue weighted by Gasteiger charge is -2.23. The van der Waals surface area contributed by atoms with Gasteiger partial charge in [0, 0.05) is 6.54 Å². The number of rotatable bonds is 9. The van der Waals surface area contributed by atoms with Gasteiger partial charge in [0.25, 0.3) is 0 Å². The van der Waals surface area contributed by atoms with Crippen molar-refractivity contribution in [2.75, 3.05) is 14.1 Å². The van der Waals surface area contributed by atoms with Crippen molar-refractivity contribution in [3.8, 4) is 0 Å². The van der Waals surface area contributed by atoms with Crippen LogP contribution in [0.1, 0.15) is 51.9 Å². The van der Waals surface area contributed by atoms with Gasteiger partial charge in [-0.15, -0.1) is 10.2 Å². The highest BCUT2D eigenvalue weighted by atomic mass is 32.2. The third-order valence-electron chi connectivity index (χ3n) is 3.69. The fraction of sp³-hybridized carbons (Fsp3) is 0.733. The van der Waals surface area contributed by atoms with Gasteiger partial charge in [-0.1, -0.05) is 32.0 Å². The van der Waals surface area contributed by atoms with E-state index in [0.29, 0.717) is 5.16 Å². The molecule has 0 fully saturated rings. The molecule has 3 N–H and O–H groups in total. The summed E-state index contributed by atoms with van der Waals surface area (Å²) in [7, 11) is 4.03. The molecule has 0 unspecified atom stereocenters. The minimum absolute atomic E-state index is 0.165. The van der Waals surface area contributed by atoms with Gasteiger partial charge in [-0.05, 0) is 33.9 Å². The lowest BCUT2D eigenvalue weighted by Crippen LogP contribution is -2.39. The second-order valence-corrected chi connectivity index (χ2v) is 7.16. The number of thioether (sulfide) groups is 1. The van der Waals surface area contributed by atoms with E-state index in [0.717, 1.165) is 31.6 Å². The van der Waals surface area contributed by atoms with Gasteiger partial charge in [-0.2, -0.15) is 0 Å². The minimum Gasteiger partial charge on any atom is -0.351 e. The Morgan fingerprint density at radius 3 is 2.50 bits per heavy atom. The summed E-state index contributed by atoms with van der Waals surface area (Å²) >= 11 is 1.28. The lowest BCUT2D eigenvalue weighted by atomic mass is 10.2. The van der Waals surface area contributed by atoms with Gasteiger partial charge in [0.1, 0.15) is 0 Å². The molecule has 0 aliphatic rings. The Labute approximate surface area is 147 Å². The number of carbonyl (C=O) groups excluding carboxylic acids is 2. The smallest absolute Gasteiger partial charge is 0.318 e. The average Bonchev–Trinajstić information content (AvgIpc) is 2.87. The molecule has 1 aromatic rings. The molecule has 24 heavy (non-hydrogen) atoms. The van der Waals surface area contributed by atoms with Gasteiger partial charge < -0.3 is 10.3 Å². The van der Waals surface area contributed by atoms with Crippen LogP contribution in [0.5, 0.6) is 0 Å². The van der Waals surface area contributed by atoms with Crippen molar-refractivity contribution in [3.63, 3.8) is 0 Å². The molecule has 0 aliphatic carbocycles. The fourth-order valence-electron chi connectivity index (χ4n) is 2.37. The molecule has 0 spiro atoms. The molecule has 0 bridgehead atoms. The van der Waals surface area contributed by atoms with E-state index in [1.54, 1.807) is 6.92 Å². The SMILES string of the molecule is CCCCn1c(S[C@@H](C)C(=O)NC(N)=O)nnc1[C@H](CC)N(C)C. The molecule has 0 aliphatic heterocycles. The van der Waals surface area contributed by atoms with Crippen LogP contribution in [0.3, 0.4) is 0 Å². The maximum atomic E-state index is 11.9. The normalized spacial score (nSPS) is 13.8. The molecule has 8 nitrogen and oxygen atoms in total. The number of amides is 3. The standard InChI is InChI=1S/C15H28N6O2S/c1-6-8-9-21-12(11(7-2)20(4)5)18-19-15(21)24-10(3)13(22)17-14(16)23/h10-11H,6-9H2,1-5H3,(H3,16,17,22,23)/t10-,11-/m0/s1. The van der Waals surface area contributed by atoms with Crippen molar-refractivity contribution in [1.82, 2.24) is 25.0 Å². The molecule has 0 saturated heterocycles. The van der Waals surface area contributed by atoms with Gasteiger partial charge in [-0.3, -0.25) is 15.0 Å². The van der Waals surface area contributed by atoms with E-state index in [9.17, 15) is 9.59 Å². The quantitative estimate of drug-likeness (QED) is 0.653. The number of nitrogens with two attached hydrogens (primary N) is 1. The van der Waals surface area contributed by atoms with Gasteiger partial charge in [0.05, 0.1) is 11.3 Å². The molecule has 2 atom stereocenters. The summed E-state index contributed by atoms with van der Waals surface area (Å²) in [4.78, 5) is 24.8. The van der Waals surface area contributed by atoms with Crippen molar-refractivity contribution in [1.29, 1.82) is 0 Å². The van der Waals surface area contributed by atoms with Crippen LogP contribution in [0.15, 0.2) is 5.16 Å². The number of primary amides is 1. The van der Waals surface area contributed by atoms with Crippen LogP contribution in [0.2, 0.25) is 0 Å². The van der Waals surface area contributed by atoms with Crippen molar-refractivity contribution in [2.45, 2.75) is 63.0 Å². The van der Waals surface area contributed by atoms with E-state index in [2.05, 4.69) is 38.8 Å². The number of unbranched alkanes of at least 4 members (excludes halogenated alkanes) is 1. The topological polar surface area (TPSA) is 106 Å². The first-order valence-corrected chi connectivity index (χ1v) is 9.06. The number of hydrogen-bond donors (Lipinski definition) is 2. The summed E-state index contributed by atoms with van der Waals surface area (Å²) in [5.74, 6) is 0.472. The molecule has 0 saturated carbocycles. The Morgan fingerprint density at radius 2 is 2.00 bits per heavy atom. The fourth-order valence-corrected chi connectivity index (χ4v) is 3.26. The first-order valence-electron chi connectivity index (χ1n) is 8.18. The number of nitrogens with one attached hydrogen (secondary N) is 1. The van der Waals surface area contributed by atoms with Crippen LogP contribution in [-0.2, 0) is 11.3 Å². The van der Waals surface area contributed by atoms with Gasteiger partial charge >= 0.3 is 6.03 Å². The number of nitrogens with zero attached hydrogens (tertiary/aromatic N) is 4. The molecule has 9 heteroatoms. The van der Waals surface area contributed by atoms with E-state index >= 15 is 0 Å². The van der Waals surface area contributed by atoms with E-state index in [-0.39, 0.29) is 6.04 Å². The molecular weight excluding hydrogens is 328 g/mol. The van der Waals surface area contributed by atoms with Crippen molar-refractivity contribution >= 4 is 23.7 Å². The molecule has 1 heterocycles. The number of imide groups is 1. The van der Waals surface area contributed by atoms with Crippen LogP contribution in [0.25, 0.3) is 0 Å². The summed E-state index contributed by atoms with van der Waals surface area (Å²) in [5.41, 5.74) is 5.00. The Hall–Kier alpha value is -1.61. The molecule has 1 rings (SSSR count). The minimum atomic E-state index is -0.848. The Morgan fingerprint density at radius 1 is 1.33 bits per heavy atom. The molecule has 0 aromatic carbocycles. The third-order valence-corrected chi connectivity index (χ3v) is 4.77. The first kappa shape index (κ1) is 20.4. The Bertz CT molecular complexity index is 560. The van der Waals surface area contributed by atoms with E-state index in [4.69, 9.17) is 5.73 Å². The summed E-state index contributed by atoms with van der Waals surface area (Å²) in [6.07, 6.45) is 2.97. The second-order valence-electron chi connectivity index (χ2n) is 5.85. The first-order chi connectivity index (χ1) is 11.3. The zero-order valence-electron chi connectivity index (χ0n) is 15.1. The van der Waals surface area contributed by atoms with E-state index in [1.165, 1.54) is 11.8 Å². The van der Waals surface area contributed by atoms with E-state index < -0.39 is 17.2 Å². The average molecular weight is 356 g/mol. The zero-order chi connectivity index (χ0) is 18.3. The molecule has 136 valence electrons. The van der Waals surface area contributed by atoms with Crippen LogP contribution in [0.4, 0.5) is 4.79 Å². The highest BCUT2D eigenvalue weighted by molar-refractivity contribution is 8.00. The maximum Gasteiger partial charge on any atom is 0.318 e. The number of hydrogen-bond acceptors (Lipinski definition) is 6. The number of carbonyl (C=O) groups is 2. The monoisotopic (exact) mass is 356 g/mol. The van der Waals surface area contributed by atoms with Crippen molar-refractivity contribution in [2.24, 2.45) is 5.73 Å². The second kappa shape index (κ2) is 9.63. The number of aromatic nitrogens is 3. The van der Waals surface area contributed by atoms with Crippen LogP contribution < -0.4 is 11.1 Å². The summed E-state index contributed by atoms with van der Waals surface area (Å²) < 4.78 is 2.08. The maximum absolute atomic E-state index is 11.9. The van der Waals surface area contributed by atoms with Gasteiger partial charge in [0.2, 0.25) is 5.91 Å². The third kappa shape index (κ3) is 5.48. The predicted octanol–water partition coefficient (Wildman–Crippen LogP) is 1.77. The van der Waals surface area contributed by atoms with Crippen LogP contribution in [0, 0.1) is 0 Å². The highest BCUT2D eigenvalue weighted by Gasteiger charge is 2.24. The van der Waals surface area contributed by atoms with E-state index in [1.807, 2.05) is 14.1 Å². The van der Waals surface area contributed by atoms with Gasteiger partial charge in [-0.25, -0.2) is 4.79 Å². The summed E-state index contributed by atoms with van der Waals surface area (Å²) in [5, 5.41) is 10.9. The number of urea groups is 1. The van der Waals surface area contributed by atoms with Crippen molar-refractivity contribution < 1.29 is 9.59 Å². The molecule has 0 radical (unpaired) electrons. The molecule has 1 aromatic heterocycles. The molecular formula is C15H28N6O2S. The van der Waals surface area contributed by atoms with Crippen molar-refractivity contribution in [3.05, 3.63) is 5.82 Å².